The summed E-state index contributed by atoms with van der Waals surface area (Å²) in [6.45, 7) is 10.7. The van der Waals surface area contributed by atoms with E-state index in [4.69, 9.17) is 14.2 Å². The Kier molecular flexibility index (Phi) is 7.08. The Balaban J connectivity index is 1.71. The monoisotopic (exact) mass is 583 g/mol. The van der Waals surface area contributed by atoms with Gasteiger partial charge in [0.25, 0.3) is 5.91 Å². The minimum absolute atomic E-state index is 0.0171. The second-order valence-electron chi connectivity index (χ2n) is 12.2. The van der Waals surface area contributed by atoms with Crippen molar-refractivity contribution in [2.24, 2.45) is 5.41 Å². The summed E-state index contributed by atoms with van der Waals surface area (Å²) in [6, 6.07) is 15.7. The van der Waals surface area contributed by atoms with Gasteiger partial charge in [0.15, 0.2) is 0 Å². The highest BCUT2D eigenvalue weighted by atomic mass is 19.1. The van der Waals surface area contributed by atoms with Crippen LogP contribution in [0.2, 0.25) is 0 Å². The van der Waals surface area contributed by atoms with Crippen molar-refractivity contribution in [1.82, 2.24) is 14.3 Å². The molecule has 9 heteroatoms. The predicted octanol–water partition coefficient (Wildman–Crippen LogP) is 7.16. The zero-order valence-electron chi connectivity index (χ0n) is 25.1. The molecule has 6 rings (SSSR count). The van der Waals surface area contributed by atoms with Crippen molar-refractivity contribution in [2.75, 3.05) is 20.3 Å². The number of methoxy groups -OCH3 is 1. The minimum atomic E-state index is -0.643. The lowest BCUT2D eigenvalue weighted by molar-refractivity contribution is -0.0794. The molecule has 1 fully saturated rings. The van der Waals surface area contributed by atoms with Gasteiger partial charge >= 0.3 is 5.97 Å². The van der Waals surface area contributed by atoms with Crippen LogP contribution in [0.4, 0.5) is 4.39 Å². The van der Waals surface area contributed by atoms with Crippen molar-refractivity contribution in [3.05, 3.63) is 77.9 Å². The van der Waals surface area contributed by atoms with Gasteiger partial charge in [-0.25, -0.2) is 9.18 Å². The van der Waals surface area contributed by atoms with Crippen LogP contribution in [0.5, 0.6) is 5.75 Å². The maximum atomic E-state index is 14.1. The quantitative estimate of drug-likeness (QED) is 0.197. The number of esters is 1. The minimum Gasteiger partial charge on any atom is -0.485 e. The molecule has 8 nitrogen and oxygen atoms in total. The maximum absolute atomic E-state index is 14.1. The second-order valence-corrected chi connectivity index (χ2v) is 12.2. The fourth-order valence-electron chi connectivity index (χ4n) is 5.54. The van der Waals surface area contributed by atoms with Crippen LogP contribution < -0.4 is 4.74 Å². The van der Waals surface area contributed by atoms with Gasteiger partial charge in [0.05, 0.1) is 43.1 Å². The summed E-state index contributed by atoms with van der Waals surface area (Å²) < 4.78 is 34.4. The third-order valence-electron chi connectivity index (χ3n) is 7.73. The zero-order valence-corrected chi connectivity index (χ0v) is 25.1. The topological polar surface area (TPSA) is 84.6 Å². The van der Waals surface area contributed by atoms with Crippen molar-refractivity contribution in [1.29, 1.82) is 0 Å². The Morgan fingerprint density at radius 2 is 1.74 bits per heavy atom. The van der Waals surface area contributed by atoms with Gasteiger partial charge in [-0.15, -0.1) is 0 Å². The highest BCUT2D eigenvalue weighted by Crippen LogP contribution is 2.46. The van der Waals surface area contributed by atoms with Gasteiger partial charge in [-0.05, 0) is 60.5 Å². The highest BCUT2D eigenvalue weighted by Gasteiger charge is 2.30. The van der Waals surface area contributed by atoms with E-state index in [1.807, 2.05) is 39.0 Å². The number of nitrogens with zero attached hydrogens (tertiary/aromatic N) is 3. The summed E-state index contributed by atoms with van der Waals surface area (Å²) in [5.41, 5.74) is 4.70. The van der Waals surface area contributed by atoms with Gasteiger partial charge in [0.2, 0.25) is 0 Å². The Labute approximate surface area is 249 Å². The van der Waals surface area contributed by atoms with Crippen LogP contribution in [-0.4, -0.2) is 52.7 Å². The standard InChI is InChI=1S/C34H34FN3O5/c1-19(2)31-30(25-12-7-20(32(39)41-6)14-29(25)43-24-17-42-18-24)26-15-27-21(16-36-38(27)33(40)34(3,4)5)13-28(26)37(31)23-10-8-22(35)9-11-23/h7-16,19,24H,17-18H2,1-6H3. The average molecular weight is 584 g/mol. The number of carbonyl (C=O) groups excluding carboxylic acids is 2. The first-order valence-electron chi connectivity index (χ1n) is 14.3. The molecular weight excluding hydrogens is 549 g/mol. The van der Waals surface area contributed by atoms with Crippen molar-refractivity contribution < 1.29 is 28.2 Å². The van der Waals surface area contributed by atoms with Gasteiger partial charge in [-0.3, -0.25) is 4.79 Å². The summed E-state index contributed by atoms with van der Waals surface area (Å²) in [4.78, 5) is 25.9. The molecule has 0 spiro atoms. The van der Waals surface area contributed by atoms with E-state index < -0.39 is 11.4 Å². The molecule has 1 saturated heterocycles. The lowest BCUT2D eigenvalue weighted by Gasteiger charge is -2.28. The van der Waals surface area contributed by atoms with E-state index in [1.165, 1.54) is 23.9 Å². The molecule has 3 heterocycles. The van der Waals surface area contributed by atoms with Crippen LogP contribution in [0.25, 0.3) is 38.6 Å². The summed E-state index contributed by atoms with van der Waals surface area (Å²) in [7, 11) is 1.34. The second kappa shape index (κ2) is 10.6. The summed E-state index contributed by atoms with van der Waals surface area (Å²) in [5, 5.41) is 6.14. The molecule has 0 saturated carbocycles. The Bertz CT molecular complexity index is 1870. The molecular formula is C34H34FN3O5. The fraction of sp³-hybridized carbons (Fsp3) is 0.324. The number of benzene rings is 3. The first-order valence-corrected chi connectivity index (χ1v) is 14.3. The summed E-state index contributed by atoms with van der Waals surface area (Å²) in [6.07, 6.45) is 1.54. The molecule has 3 aromatic carbocycles. The lowest BCUT2D eigenvalue weighted by Crippen LogP contribution is -2.38. The molecule has 5 aromatic rings. The van der Waals surface area contributed by atoms with Crippen molar-refractivity contribution in [3.8, 4) is 22.6 Å². The predicted molar refractivity (Wildman–Crippen MR) is 163 cm³/mol. The van der Waals surface area contributed by atoms with E-state index in [0.29, 0.717) is 30.0 Å². The van der Waals surface area contributed by atoms with Gasteiger partial charge in [0, 0.05) is 38.7 Å². The molecule has 43 heavy (non-hydrogen) atoms. The van der Waals surface area contributed by atoms with Gasteiger partial charge in [0.1, 0.15) is 17.7 Å². The number of hydrogen-bond acceptors (Lipinski definition) is 6. The van der Waals surface area contributed by atoms with Crippen LogP contribution in [0, 0.1) is 11.2 Å². The van der Waals surface area contributed by atoms with Crippen LogP contribution >= 0.6 is 0 Å². The number of rotatable bonds is 6. The van der Waals surface area contributed by atoms with Crippen molar-refractivity contribution >= 4 is 33.7 Å². The number of aromatic nitrogens is 3. The Hall–Kier alpha value is -4.50. The SMILES string of the molecule is COC(=O)c1ccc(-c2c(C(C)C)n(-c3ccc(F)cc3)c3cc4cnn(C(=O)C(C)(C)C)c4cc23)c(OC2COC2)c1. The van der Waals surface area contributed by atoms with Crippen molar-refractivity contribution in [3.63, 3.8) is 0 Å². The number of hydrogen-bond donors (Lipinski definition) is 0. The maximum Gasteiger partial charge on any atom is 0.337 e. The van der Waals surface area contributed by atoms with Crippen LogP contribution in [0.15, 0.2) is 60.8 Å². The summed E-state index contributed by atoms with van der Waals surface area (Å²) in [5.74, 6) is -0.376. The Morgan fingerprint density at radius 1 is 1.02 bits per heavy atom. The molecule has 1 aliphatic heterocycles. The van der Waals surface area contributed by atoms with Gasteiger partial charge in [-0.1, -0.05) is 34.6 Å². The molecule has 0 bridgehead atoms. The molecule has 0 atom stereocenters. The van der Waals surface area contributed by atoms with E-state index in [2.05, 4.69) is 23.5 Å². The lowest BCUT2D eigenvalue weighted by atomic mass is 9.94. The molecule has 2 aromatic heterocycles. The zero-order chi connectivity index (χ0) is 30.6. The molecule has 0 aliphatic carbocycles. The first-order chi connectivity index (χ1) is 20.5. The largest absolute Gasteiger partial charge is 0.485 e. The number of halogens is 1. The number of fused-ring (bicyclic) bond motifs is 2. The third-order valence-corrected chi connectivity index (χ3v) is 7.73. The third kappa shape index (κ3) is 4.97. The average Bonchev–Trinajstić information content (AvgIpc) is 3.51. The van der Waals surface area contributed by atoms with Crippen LogP contribution in [-0.2, 0) is 9.47 Å². The normalized spacial score (nSPS) is 14.0. The summed E-state index contributed by atoms with van der Waals surface area (Å²) >= 11 is 0. The Morgan fingerprint density at radius 3 is 2.35 bits per heavy atom. The molecule has 1 aliphatic rings. The van der Waals surface area contributed by atoms with Crippen LogP contribution in [0.3, 0.4) is 0 Å². The molecule has 222 valence electrons. The molecule has 0 radical (unpaired) electrons. The van der Waals surface area contributed by atoms with Gasteiger partial charge < -0.3 is 18.8 Å². The van der Waals surface area contributed by atoms with Crippen LogP contribution in [0.1, 0.15) is 61.4 Å². The van der Waals surface area contributed by atoms with Crippen molar-refractivity contribution in [2.45, 2.75) is 46.6 Å². The fourth-order valence-corrected chi connectivity index (χ4v) is 5.54. The number of carbonyl (C=O) groups is 2. The molecule has 0 N–H and O–H groups in total. The molecule has 0 unspecified atom stereocenters. The van der Waals surface area contributed by atoms with E-state index in [-0.39, 0.29) is 23.7 Å². The first kappa shape index (κ1) is 28.6. The van der Waals surface area contributed by atoms with E-state index in [0.717, 1.165) is 38.8 Å². The van der Waals surface area contributed by atoms with E-state index in [9.17, 15) is 14.0 Å². The highest BCUT2D eigenvalue weighted by molar-refractivity contribution is 6.08. The van der Waals surface area contributed by atoms with E-state index in [1.54, 1.807) is 30.5 Å². The molecule has 0 amide bonds. The smallest absolute Gasteiger partial charge is 0.337 e. The van der Waals surface area contributed by atoms with E-state index >= 15 is 0 Å². The number of ether oxygens (including phenoxy) is 3. The van der Waals surface area contributed by atoms with Gasteiger partial charge in [-0.2, -0.15) is 9.78 Å².